The first-order valence-electron chi connectivity index (χ1n) is 9.46. The molecule has 3 N–H and O–H groups in total. The average molecular weight is 332 g/mol. The Morgan fingerprint density at radius 1 is 1.21 bits per heavy atom. The van der Waals surface area contributed by atoms with Crippen molar-refractivity contribution in [2.45, 2.75) is 45.4 Å². The molecule has 4 nitrogen and oxygen atoms in total. The quantitative estimate of drug-likeness (QED) is 0.456. The molecule has 1 aliphatic rings. The number of hydrogen-bond donors (Lipinski definition) is 3. The summed E-state index contributed by atoms with van der Waals surface area (Å²) in [4.78, 5) is 4.73. The molecule has 2 rings (SSSR count). The van der Waals surface area contributed by atoms with Crippen molar-refractivity contribution >= 4 is 5.96 Å². The van der Waals surface area contributed by atoms with Crippen LogP contribution in [0, 0.1) is 11.8 Å². The maximum absolute atomic E-state index is 9.17. The fraction of sp³-hybridized carbons (Fsp3) is 0.650. The van der Waals surface area contributed by atoms with Gasteiger partial charge in [0.1, 0.15) is 0 Å². The minimum Gasteiger partial charge on any atom is -0.396 e. The number of rotatable bonds is 10. The van der Waals surface area contributed by atoms with Gasteiger partial charge in [-0.25, -0.2) is 0 Å². The van der Waals surface area contributed by atoms with E-state index in [2.05, 4.69) is 54.8 Å². The Kier molecular flexibility index (Phi) is 8.10. The van der Waals surface area contributed by atoms with E-state index in [9.17, 15) is 5.11 Å². The highest BCUT2D eigenvalue weighted by Crippen LogP contribution is 2.46. The van der Waals surface area contributed by atoms with Crippen molar-refractivity contribution in [2.24, 2.45) is 16.8 Å². The smallest absolute Gasteiger partial charge is 0.191 e. The van der Waals surface area contributed by atoms with Gasteiger partial charge >= 0.3 is 0 Å². The van der Waals surface area contributed by atoms with Crippen LogP contribution >= 0.6 is 0 Å². The molecular formula is C20H33N3O. The molecule has 1 fully saturated rings. The minimum absolute atomic E-state index is 0.255. The van der Waals surface area contributed by atoms with Gasteiger partial charge in [-0.3, -0.25) is 4.99 Å². The van der Waals surface area contributed by atoms with Gasteiger partial charge in [0, 0.05) is 26.2 Å². The molecule has 3 unspecified atom stereocenters. The van der Waals surface area contributed by atoms with Crippen molar-refractivity contribution in [2.75, 3.05) is 26.2 Å². The second kappa shape index (κ2) is 10.3. The van der Waals surface area contributed by atoms with E-state index in [1.165, 1.54) is 12.0 Å². The van der Waals surface area contributed by atoms with Gasteiger partial charge in [0.25, 0.3) is 0 Å². The Morgan fingerprint density at radius 3 is 2.67 bits per heavy atom. The molecule has 3 atom stereocenters. The number of benzene rings is 1. The lowest BCUT2D eigenvalue weighted by atomic mass is 10.0. The fourth-order valence-corrected chi connectivity index (χ4v) is 3.29. The van der Waals surface area contributed by atoms with Crippen molar-refractivity contribution in [1.82, 2.24) is 10.6 Å². The first-order valence-corrected chi connectivity index (χ1v) is 9.46. The number of aliphatic hydroxyl groups excluding tert-OH is 1. The first kappa shape index (κ1) is 18.8. The third-order valence-electron chi connectivity index (χ3n) is 4.77. The minimum atomic E-state index is 0.255. The molecule has 0 amide bonds. The molecule has 0 heterocycles. The van der Waals surface area contributed by atoms with E-state index in [0.717, 1.165) is 44.9 Å². The van der Waals surface area contributed by atoms with Gasteiger partial charge in [0.05, 0.1) is 0 Å². The summed E-state index contributed by atoms with van der Waals surface area (Å²) in [6.45, 7) is 7.18. The summed E-state index contributed by atoms with van der Waals surface area (Å²) >= 11 is 0. The molecule has 0 radical (unpaired) electrons. The molecule has 24 heavy (non-hydrogen) atoms. The van der Waals surface area contributed by atoms with Crippen LogP contribution in [0.1, 0.15) is 51.0 Å². The summed E-state index contributed by atoms with van der Waals surface area (Å²) in [5.74, 6) is 2.80. The summed E-state index contributed by atoms with van der Waals surface area (Å²) in [5, 5.41) is 16.0. The molecule has 4 heteroatoms. The van der Waals surface area contributed by atoms with Crippen molar-refractivity contribution in [3.05, 3.63) is 35.9 Å². The molecular weight excluding hydrogens is 298 g/mol. The topological polar surface area (TPSA) is 56.7 Å². The van der Waals surface area contributed by atoms with Crippen LogP contribution < -0.4 is 10.6 Å². The van der Waals surface area contributed by atoms with Gasteiger partial charge in [0.2, 0.25) is 0 Å². The van der Waals surface area contributed by atoms with E-state index in [-0.39, 0.29) is 6.61 Å². The lowest BCUT2D eigenvalue weighted by Crippen LogP contribution is -2.38. The van der Waals surface area contributed by atoms with Crippen LogP contribution in [-0.4, -0.2) is 37.3 Å². The van der Waals surface area contributed by atoms with Gasteiger partial charge in [-0.05, 0) is 49.5 Å². The van der Waals surface area contributed by atoms with Crippen molar-refractivity contribution in [3.8, 4) is 0 Å². The molecule has 1 aromatic carbocycles. The Hall–Kier alpha value is -1.55. The van der Waals surface area contributed by atoms with E-state index in [0.29, 0.717) is 17.8 Å². The van der Waals surface area contributed by atoms with E-state index >= 15 is 0 Å². The molecule has 0 aromatic heterocycles. The maximum atomic E-state index is 9.17. The van der Waals surface area contributed by atoms with Crippen LogP contribution in [0.2, 0.25) is 0 Å². The summed E-state index contributed by atoms with van der Waals surface area (Å²) < 4.78 is 0. The highest BCUT2D eigenvalue weighted by molar-refractivity contribution is 5.79. The Morgan fingerprint density at radius 2 is 2.00 bits per heavy atom. The number of guanidine groups is 1. The standard InChI is InChI=1S/C20H33N3O/c1-3-8-16(11-12-24)14-22-20(21-4-2)23-15-18-13-19(18)17-9-6-5-7-10-17/h5-7,9-10,16,18-19,24H,3-4,8,11-15H2,1-2H3,(H2,21,22,23). The van der Waals surface area contributed by atoms with Gasteiger partial charge < -0.3 is 15.7 Å². The predicted octanol–water partition coefficient (Wildman–Crippen LogP) is 3.14. The van der Waals surface area contributed by atoms with E-state index < -0.39 is 0 Å². The van der Waals surface area contributed by atoms with Crippen molar-refractivity contribution < 1.29 is 5.11 Å². The summed E-state index contributed by atoms with van der Waals surface area (Å²) in [6.07, 6.45) is 4.38. The SMILES string of the molecule is CCCC(CCO)CN=C(NCC)NCC1CC1c1ccccc1. The van der Waals surface area contributed by atoms with E-state index in [1.54, 1.807) is 0 Å². The number of aliphatic imine (C=N–C) groups is 1. The van der Waals surface area contributed by atoms with Gasteiger partial charge in [-0.15, -0.1) is 0 Å². The van der Waals surface area contributed by atoms with Crippen LogP contribution in [0.4, 0.5) is 0 Å². The monoisotopic (exact) mass is 331 g/mol. The molecule has 1 aromatic rings. The van der Waals surface area contributed by atoms with Crippen molar-refractivity contribution in [1.29, 1.82) is 0 Å². The van der Waals surface area contributed by atoms with Crippen molar-refractivity contribution in [3.63, 3.8) is 0 Å². The van der Waals surface area contributed by atoms with Crippen LogP contribution in [0.15, 0.2) is 35.3 Å². The summed E-state index contributed by atoms with van der Waals surface area (Å²) in [6, 6.07) is 10.8. The molecule has 0 aliphatic heterocycles. The zero-order valence-corrected chi connectivity index (χ0v) is 15.2. The molecule has 0 bridgehead atoms. The van der Waals surface area contributed by atoms with Crippen LogP contribution in [0.5, 0.6) is 0 Å². The number of nitrogens with zero attached hydrogens (tertiary/aromatic N) is 1. The average Bonchev–Trinajstić information content (AvgIpc) is 3.38. The van der Waals surface area contributed by atoms with E-state index in [4.69, 9.17) is 4.99 Å². The summed E-state index contributed by atoms with van der Waals surface area (Å²) in [5.41, 5.74) is 1.46. The van der Waals surface area contributed by atoms with Crippen LogP contribution in [-0.2, 0) is 0 Å². The molecule has 1 aliphatic carbocycles. The second-order valence-corrected chi connectivity index (χ2v) is 6.78. The number of nitrogens with one attached hydrogen (secondary N) is 2. The largest absolute Gasteiger partial charge is 0.396 e. The zero-order valence-electron chi connectivity index (χ0n) is 15.2. The summed E-state index contributed by atoms with van der Waals surface area (Å²) in [7, 11) is 0. The van der Waals surface area contributed by atoms with Gasteiger partial charge in [-0.2, -0.15) is 0 Å². The first-order chi connectivity index (χ1) is 11.8. The highest BCUT2D eigenvalue weighted by atomic mass is 16.3. The number of hydrogen-bond acceptors (Lipinski definition) is 2. The molecule has 0 spiro atoms. The van der Waals surface area contributed by atoms with E-state index in [1.807, 2.05) is 0 Å². The Bertz CT molecular complexity index is 483. The van der Waals surface area contributed by atoms with Crippen LogP contribution in [0.3, 0.4) is 0 Å². The number of aliphatic hydroxyl groups is 1. The molecule has 134 valence electrons. The normalized spacial score (nSPS) is 21.4. The zero-order chi connectivity index (χ0) is 17.2. The molecule has 1 saturated carbocycles. The third kappa shape index (κ3) is 6.16. The Labute approximate surface area is 146 Å². The Balaban J connectivity index is 1.79. The lowest BCUT2D eigenvalue weighted by Gasteiger charge is -2.15. The van der Waals surface area contributed by atoms with Gasteiger partial charge in [-0.1, -0.05) is 43.7 Å². The van der Waals surface area contributed by atoms with Crippen LogP contribution in [0.25, 0.3) is 0 Å². The molecule has 0 saturated heterocycles. The highest BCUT2D eigenvalue weighted by Gasteiger charge is 2.37. The fourth-order valence-electron chi connectivity index (χ4n) is 3.29. The third-order valence-corrected chi connectivity index (χ3v) is 4.77. The predicted molar refractivity (Wildman–Crippen MR) is 101 cm³/mol. The maximum Gasteiger partial charge on any atom is 0.191 e. The van der Waals surface area contributed by atoms with Gasteiger partial charge in [0.15, 0.2) is 5.96 Å². The lowest BCUT2D eigenvalue weighted by molar-refractivity contribution is 0.253. The second-order valence-electron chi connectivity index (χ2n) is 6.78.